The van der Waals surface area contributed by atoms with Gasteiger partial charge in [0.2, 0.25) is 0 Å². The lowest BCUT2D eigenvalue weighted by Gasteiger charge is -2.57. The monoisotopic (exact) mass is 247 g/mol. The number of nitrogens with zero attached hydrogens (tertiary/aromatic N) is 1. The van der Waals surface area contributed by atoms with Crippen LogP contribution in [0.3, 0.4) is 0 Å². The van der Waals surface area contributed by atoms with E-state index >= 15 is 0 Å². The molecule has 18 heavy (non-hydrogen) atoms. The van der Waals surface area contributed by atoms with Crippen molar-refractivity contribution >= 4 is 6.03 Å². The molecule has 3 nitrogen and oxygen atoms in total. The Bertz CT molecular complexity index is 324. The lowest BCUT2D eigenvalue weighted by Crippen LogP contribution is -2.61. The van der Waals surface area contributed by atoms with Gasteiger partial charge in [0.15, 0.2) is 0 Å². The Kier molecular flexibility index (Phi) is 2.40. The smallest absolute Gasteiger partial charge is 0.317 e. The third kappa shape index (κ3) is 1.74. The minimum absolute atomic E-state index is 0.175. The molecule has 5 rings (SSSR count). The van der Waals surface area contributed by atoms with Crippen molar-refractivity contribution in [1.82, 2.24) is 10.2 Å². The lowest BCUT2D eigenvalue weighted by molar-refractivity contribution is -0.0152. The fourth-order valence-electron chi connectivity index (χ4n) is 5.34. The normalized spacial score (nSPS) is 45.6. The summed E-state index contributed by atoms with van der Waals surface area (Å²) in [6, 6.07) is 0.200. The van der Waals surface area contributed by atoms with Gasteiger partial charge in [-0.1, -0.05) is 0 Å². The van der Waals surface area contributed by atoms with Gasteiger partial charge in [0.1, 0.15) is 0 Å². The Balaban J connectivity index is 1.48. The van der Waals surface area contributed by atoms with E-state index < -0.39 is 0 Å². The largest absolute Gasteiger partial charge is 0.333 e. The number of likely N-dealkylation sites (tertiary alicyclic amines) is 1. The van der Waals surface area contributed by atoms with Crippen LogP contribution in [0.2, 0.25) is 0 Å². The van der Waals surface area contributed by atoms with Crippen LogP contribution in [0.5, 0.6) is 0 Å². The number of carbonyl (C=O) groups is 1. The summed E-state index contributed by atoms with van der Waals surface area (Å²) in [5.41, 5.74) is 0.175. The van der Waals surface area contributed by atoms with E-state index in [0.29, 0.717) is 0 Å². The highest BCUT2D eigenvalue weighted by atomic mass is 16.2. The molecule has 0 aromatic rings. The van der Waals surface area contributed by atoms with Crippen molar-refractivity contribution in [1.29, 1.82) is 0 Å². The second-order valence-corrected chi connectivity index (χ2v) is 7.15. The number of carbonyl (C=O) groups excluding carboxylic acids is 1. The Morgan fingerprint density at radius 2 is 1.72 bits per heavy atom. The summed E-state index contributed by atoms with van der Waals surface area (Å²) in [5.74, 6) is 2.71. The molecule has 0 atom stereocenters. The van der Waals surface area contributed by atoms with Gasteiger partial charge in [-0.25, -0.2) is 4.79 Å². The van der Waals surface area contributed by atoms with Gasteiger partial charge in [0.25, 0.3) is 0 Å². The van der Waals surface area contributed by atoms with Crippen LogP contribution in [0.4, 0.5) is 4.79 Å². The van der Waals surface area contributed by atoms with Crippen molar-refractivity contribution in [2.45, 2.75) is 50.5 Å². The van der Waals surface area contributed by atoms with Gasteiger partial charge in [-0.2, -0.15) is 0 Å². The first-order chi connectivity index (χ1) is 8.72. The Labute approximate surface area is 109 Å². The summed E-state index contributed by atoms with van der Waals surface area (Å²) in [4.78, 5) is 14.3. The summed E-state index contributed by atoms with van der Waals surface area (Å²) in [7, 11) is 0. The number of rotatable bonds is 1. The zero-order valence-electron chi connectivity index (χ0n) is 11.0. The minimum atomic E-state index is 0.175. The number of hydrogen-bond acceptors (Lipinski definition) is 1. The van der Waals surface area contributed by atoms with Crippen molar-refractivity contribution in [2.75, 3.05) is 13.1 Å². The molecular weight excluding hydrogens is 224 g/mol. The maximum absolute atomic E-state index is 12.3. The second kappa shape index (κ2) is 3.88. The average molecular weight is 247 g/mol. The van der Waals surface area contributed by atoms with Crippen LogP contribution in [0.15, 0.2) is 0 Å². The molecule has 2 amide bonds. The first-order valence-corrected chi connectivity index (χ1v) is 7.61. The van der Waals surface area contributed by atoms with Gasteiger partial charge in [-0.3, -0.25) is 0 Å². The quantitative estimate of drug-likeness (QED) is 0.759. The second-order valence-electron chi connectivity index (χ2n) is 7.15. The molecule has 1 aliphatic heterocycles. The van der Waals surface area contributed by atoms with Crippen LogP contribution in [0.1, 0.15) is 44.9 Å². The minimum Gasteiger partial charge on any atom is -0.333 e. The molecule has 1 heterocycles. The van der Waals surface area contributed by atoms with E-state index in [1.54, 1.807) is 0 Å². The van der Waals surface area contributed by atoms with Crippen molar-refractivity contribution in [2.24, 2.45) is 17.8 Å². The molecule has 4 bridgehead atoms. The molecule has 99 valence electrons. The maximum atomic E-state index is 12.3. The van der Waals surface area contributed by atoms with Gasteiger partial charge in [0, 0.05) is 18.6 Å². The molecule has 1 saturated heterocycles. The number of nitrogens with one attached hydrogen (secondary N) is 1. The first kappa shape index (κ1) is 11.1. The molecule has 5 aliphatic rings. The molecular formula is C15H23N2O. The highest BCUT2D eigenvalue weighted by molar-refractivity contribution is 5.75. The highest BCUT2D eigenvalue weighted by Gasteiger charge is 2.51. The van der Waals surface area contributed by atoms with Gasteiger partial charge >= 0.3 is 6.03 Å². The van der Waals surface area contributed by atoms with Crippen LogP contribution in [-0.4, -0.2) is 29.6 Å². The van der Waals surface area contributed by atoms with Gasteiger partial charge in [0.05, 0.1) is 0 Å². The SMILES string of the molecule is O=C(NC12CC3CC(CC(C3)C1)C2)N1C[CH]CC1. The van der Waals surface area contributed by atoms with E-state index in [9.17, 15) is 4.79 Å². The average Bonchev–Trinajstić information content (AvgIpc) is 2.79. The van der Waals surface area contributed by atoms with Crippen molar-refractivity contribution in [3.05, 3.63) is 6.42 Å². The van der Waals surface area contributed by atoms with E-state index in [1.807, 2.05) is 4.90 Å². The van der Waals surface area contributed by atoms with Crippen LogP contribution in [-0.2, 0) is 0 Å². The van der Waals surface area contributed by atoms with Crippen LogP contribution in [0, 0.1) is 24.2 Å². The zero-order chi connectivity index (χ0) is 12.2. The van der Waals surface area contributed by atoms with Crippen molar-refractivity contribution in [3.63, 3.8) is 0 Å². The molecule has 1 N–H and O–H groups in total. The van der Waals surface area contributed by atoms with E-state index in [4.69, 9.17) is 0 Å². The van der Waals surface area contributed by atoms with Crippen LogP contribution >= 0.6 is 0 Å². The Hall–Kier alpha value is -0.730. The zero-order valence-corrected chi connectivity index (χ0v) is 11.0. The molecule has 5 fully saturated rings. The van der Waals surface area contributed by atoms with Crippen LogP contribution in [0.25, 0.3) is 0 Å². The number of hydrogen-bond donors (Lipinski definition) is 1. The summed E-state index contributed by atoms with van der Waals surface area (Å²) < 4.78 is 0. The third-order valence-electron chi connectivity index (χ3n) is 5.65. The Morgan fingerprint density at radius 1 is 1.11 bits per heavy atom. The fraction of sp³-hybridized carbons (Fsp3) is 0.867. The first-order valence-electron chi connectivity index (χ1n) is 7.61. The van der Waals surface area contributed by atoms with Crippen LogP contribution < -0.4 is 5.32 Å². The standard InChI is InChI=1S/C15H23N2O/c18-14(17-3-1-2-4-17)16-15-8-11-5-12(9-15)7-13(6-11)10-15/h1,11-13H,2-10H2,(H,16,18). The van der Waals surface area contributed by atoms with Crippen molar-refractivity contribution < 1.29 is 4.79 Å². The molecule has 0 aromatic carbocycles. The Morgan fingerprint density at radius 3 is 2.22 bits per heavy atom. The molecule has 3 heteroatoms. The number of urea groups is 1. The summed E-state index contributed by atoms with van der Waals surface area (Å²) >= 11 is 0. The van der Waals surface area contributed by atoms with E-state index in [-0.39, 0.29) is 11.6 Å². The molecule has 1 radical (unpaired) electrons. The number of amides is 2. The van der Waals surface area contributed by atoms with E-state index in [0.717, 1.165) is 37.3 Å². The molecule has 0 aromatic heterocycles. The molecule has 0 unspecified atom stereocenters. The molecule has 0 spiro atoms. The summed E-state index contributed by atoms with van der Waals surface area (Å²) in [5, 5.41) is 3.43. The maximum Gasteiger partial charge on any atom is 0.317 e. The molecule has 4 saturated carbocycles. The van der Waals surface area contributed by atoms with Crippen molar-refractivity contribution in [3.8, 4) is 0 Å². The lowest BCUT2D eigenvalue weighted by atomic mass is 9.53. The third-order valence-corrected chi connectivity index (χ3v) is 5.65. The van der Waals surface area contributed by atoms with Gasteiger partial charge in [-0.15, -0.1) is 0 Å². The predicted molar refractivity (Wildman–Crippen MR) is 69.9 cm³/mol. The summed E-state index contributed by atoms with van der Waals surface area (Å²) in [6.45, 7) is 1.76. The van der Waals surface area contributed by atoms with Gasteiger partial charge in [-0.05, 0) is 69.1 Å². The predicted octanol–water partition coefficient (Wildman–Crippen LogP) is 2.57. The van der Waals surface area contributed by atoms with Gasteiger partial charge < -0.3 is 10.2 Å². The highest BCUT2D eigenvalue weighted by Crippen LogP contribution is 2.55. The summed E-state index contributed by atoms with van der Waals surface area (Å²) in [6.07, 6.45) is 11.3. The van der Waals surface area contributed by atoms with E-state index in [2.05, 4.69) is 11.7 Å². The fourth-order valence-corrected chi connectivity index (χ4v) is 5.34. The molecule has 4 aliphatic carbocycles. The topological polar surface area (TPSA) is 32.3 Å². The van der Waals surface area contributed by atoms with E-state index in [1.165, 1.54) is 38.5 Å².